The zero-order valence-corrected chi connectivity index (χ0v) is 61.4. The van der Waals surface area contributed by atoms with Crippen molar-refractivity contribution in [3.8, 4) is 0 Å². The third kappa shape index (κ3) is 22.5. The number of carbonyl (C=O) groups excluding carboxylic acids is 11. The van der Waals surface area contributed by atoms with Crippen LogP contribution in [0.4, 0.5) is 0 Å². The molecule has 0 spiro atoms. The maximum Gasteiger partial charge on any atom is 0.246 e. The van der Waals surface area contributed by atoms with Crippen molar-refractivity contribution in [2.45, 2.75) is 229 Å². The van der Waals surface area contributed by atoms with Crippen LogP contribution in [0.25, 0.3) is 0 Å². The van der Waals surface area contributed by atoms with Crippen LogP contribution in [-0.2, 0) is 52.7 Å². The number of aliphatic hydroxyl groups is 1. The quantitative estimate of drug-likeness (QED) is 0.131. The van der Waals surface area contributed by atoms with Crippen LogP contribution in [0.1, 0.15) is 157 Å². The molecular formula is C68H123N13O12. The lowest BCUT2D eigenvalue weighted by molar-refractivity contribution is -0.157. The number of allylic oxidation sites excluding steroid dienone is 2. The van der Waals surface area contributed by atoms with Crippen molar-refractivity contribution in [3.05, 3.63) is 12.2 Å². The molecule has 532 valence electrons. The van der Waals surface area contributed by atoms with Crippen molar-refractivity contribution in [1.29, 1.82) is 0 Å². The summed E-state index contributed by atoms with van der Waals surface area (Å²) in [5, 5.41) is 23.4. The van der Waals surface area contributed by atoms with Crippen LogP contribution in [0.5, 0.6) is 0 Å². The van der Waals surface area contributed by atoms with E-state index in [1.807, 2.05) is 61.5 Å². The Labute approximate surface area is 557 Å². The molecule has 11 amide bonds. The molecule has 0 saturated carbocycles. The van der Waals surface area contributed by atoms with Crippen LogP contribution >= 0.6 is 0 Å². The summed E-state index contributed by atoms with van der Waals surface area (Å²) in [6.07, 6.45) is 2.86. The van der Waals surface area contributed by atoms with E-state index in [9.17, 15) is 29.1 Å². The molecule has 0 bridgehead atoms. The van der Waals surface area contributed by atoms with Crippen molar-refractivity contribution >= 4 is 65.0 Å². The zero-order valence-electron chi connectivity index (χ0n) is 61.4. The molecule has 2 saturated heterocycles. The van der Waals surface area contributed by atoms with Gasteiger partial charge in [-0.2, -0.15) is 0 Å². The van der Waals surface area contributed by atoms with E-state index < -0.39 is 161 Å². The molecule has 25 nitrogen and oxygen atoms in total. The van der Waals surface area contributed by atoms with Gasteiger partial charge >= 0.3 is 0 Å². The summed E-state index contributed by atoms with van der Waals surface area (Å²) in [6.45, 7) is 36.0. The molecule has 93 heavy (non-hydrogen) atoms. The zero-order chi connectivity index (χ0) is 71.5. The number of nitrogens with zero attached hydrogens (tertiary/aromatic N) is 9. The van der Waals surface area contributed by atoms with Crippen LogP contribution in [0.2, 0.25) is 0 Å². The average Bonchev–Trinajstić information content (AvgIpc) is 0.822. The highest BCUT2D eigenvalue weighted by Crippen LogP contribution is 2.26. The van der Waals surface area contributed by atoms with E-state index in [0.717, 1.165) is 24.5 Å². The molecule has 25 heteroatoms. The van der Waals surface area contributed by atoms with Gasteiger partial charge in [0.25, 0.3) is 0 Å². The first-order valence-corrected chi connectivity index (χ1v) is 34.0. The third-order valence-corrected chi connectivity index (χ3v) is 18.8. The van der Waals surface area contributed by atoms with E-state index in [2.05, 4.69) is 38.0 Å². The first-order valence-electron chi connectivity index (χ1n) is 34.0. The number of amides is 11. The Morgan fingerprint density at radius 3 is 1.37 bits per heavy atom. The largest absolute Gasteiger partial charge is 0.390 e. The molecule has 0 radical (unpaired) electrons. The van der Waals surface area contributed by atoms with Crippen LogP contribution in [-0.4, -0.2) is 275 Å². The summed E-state index contributed by atoms with van der Waals surface area (Å²) in [4.78, 5) is 177. The first-order chi connectivity index (χ1) is 43.1. The van der Waals surface area contributed by atoms with Gasteiger partial charge in [-0.1, -0.05) is 109 Å². The van der Waals surface area contributed by atoms with Gasteiger partial charge in [-0.3, -0.25) is 52.7 Å². The molecule has 0 unspecified atom stereocenters. The van der Waals surface area contributed by atoms with E-state index in [1.165, 1.54) is 99.5 Å². The number of nitrogens with one attached hydrogen (secondary N) is 4. The molecule has 2 aliphatic rings. The second-order valence-corrected chi connectivity index (χ2v) is 28.5. The van der Waals surface area contributed by atoms with Crippen molar-refractivity contribution in [2.24, 2.45) is 41.4 Å². The highest BCUT2D eigenvalue weighted by Gasteiger charge is 2.47. The molecular weight excluding hydrogens is 1190 g/mol. The number of rotatable bonds is 17. The molecule has 5 N–H and O–H groups in total. The van der Waals surface area contributed by atoms with Gasteiger partial charge in [0.2, 0.25) is 65.0 Å². The van der Waals surface area contributed by atoms with Gasteiger partial charge in [0.05, 0.1) is 6.10 Å². The average molecular weight is 1310 g/mol. The Balaban J connectivity index is 3.05. The van der Waals surface area contributed by atoms with Crippen molar-refractivity contribution in [1.82, 2.24) is 65.4 Å². The number of hydrogen-bond acceptors (Lipinski definition) is 14. The summed E-state index contributed by atoms with van der Waals surface area (Å²) >= 11 is 0. The highest BCUT2D eigenvalue weighted by atomic mass is 16.3. The predicted molar refractivity (Wildman–Crippen MR) is 361 cm³/mol. The normalized spacial score (nSPS) is 28.1. The van der Waals surface area contributed by atoms with Gasteiger partial charge < -0.3 is 70.5 Å². The fraction of sp³-hybridized carbons (Fsp3) is 0.809. The maximum absolute atomic E-state index is 15.3. The van der Waals surface area contributed by atoms with Crippen molar-refractivity contribution in [3.63, 3.8) is 0 Å². The van der Waals surface area contributed by atoms with E-state index in [0.29, 0.717) is 26.1 Å². The molecule has 0 aliphatic carbocycles. The first kappa shape index (κ1) is 82.9. The summed E-state index contributed by atoms with van der Waals surface area (Å²) < 4.78 is 0. The Kier molecular flexibility index (Phi) is 33.7. The summed E-state index contributed by atoms with van der Waals surface area (Å²) in [6, 6.07) is -13.8. The van der Waals surface area contributed by atoms with Gasteiger partial charge in [0.1, 0.15) is 66.5 Å². The molecule has 0 aromatic rings. The van der Waals surface area contributed by atoms with Crippen molar-refractivity contribution in [2.75, 3.05) is 88.6 Å². The predicted octanol–water partition coefficient (Wildman–Crippen LogP) is 2.88. The monoisotopic (exact) mass is 1310 g/mol. The van der Waals surface area contributed by atoms with Gasteiger partial charge in [-0.15, -0.1) is 0 Å². The number of piperazine rings is 1. The van der Waals surface area contributed by atoms with Crippen LogP contribution in [0.15, 0.2) is 12.2 Å². The standard InChI is InChI=1S/C68H123N13O12/c1-26-29-30-44(14)57(82)56-61(86)71-49(27-2)64(89)73(19)48(18)63(88)78(24)55(45(15)38-81-33-31-80(28-3)32-34-81)60(85)72-53(42(10)11)67(92)74(20)50(35-39(4)5)59(84)69-46(16)58(83)70-47(17)62(87)75(21)51(36-40(6)7)65(90)76(22)52(37-41(8)9)66(91)77(23)54(43(12)13)68(93)79(56)25/h26,29,39-57,82H,27-28,30-38H2,1-25H3,(H,69,84)(H,70,83)(H,71,86)(H,72,85)/b29-26+/t44-,45+,46+,47-,48-,49+,50+,51+,52+,53+,54+,55+,56+,57-/m1/s1. The lowest BCUT2D eigenvalue weighted by atomic mass is 9.91. The second kappa shape index (κ2) is 37.8. The number of aliphatic hydroxyl groups excluding tert-OH is 1. The highest BCUT2D eigenvalue weighted by molar-refractivity contribution is 6.00. The lowest BCUT2D eigenvalue weighted by Crippen LogP contribution is -2.64. The molecule has 0 aromatic carbocycles. The number of likely N-dealkylation sites (N-methyl/N-ethyl adjacent to an activating group) is 8. The van der Waals surface area contributed by atoms with E-state index in [-0.39, 0.29) is 43.4 Å². The molecule has 2 rings (SSSR count). The van der Waals surface area contributed by atoms with Gasteiger partial charge in [-0.05, 0) is 108 Å². The summed E-state index contributed by atoms with van der Waals surface area (Å²) in [5.41, 5.74) is 0. The molecule has 2 fully saturated rings. The number of hydrogen-bond donors (Lipinski definition) is 5. The Morgan fingerprint density at radius 2 is 0.892 bits per heavy atom. The van der Waals surface area contributed by atoms with E-state index in [1.54, 1.807) is 47.6 Å². The van der Waals surface area contributed by atoms with Gasteiger partial charge in [0, 0.05) is 82.1 Å². The Morgan fingerprint density at radius 1 is 0.452 bits per heavy atom. The summed E-state index contributed by atoms with van der Waals surface area (Å²) in [7, 11) is 10.1. The van der Waals surface area contributed by atoms with Gasteiger partial charge in [-0.25, -0.2) is 0 Å². The molecule has 0 aromatic heterocycles. The molecule has 14 atom stereocenters. The summed E-state index contributed by atoms with van der Waals surface area (Å²) in [5.74, 6) is -10.2. The van der Waals surface area contributed by atoms with Crippen LogP contribution in [0, 0.1) is 41.4 Å². The fourth-order valence-corrected chi connectivity index (χ4v) is 12.6. The third-order valence-electron chi connectivity index (χ3n) is 18.8. The number of carbonyl (C=O) groups is 11. The second-order valence-electron chi connectivity index (χ2n) is 28.5. The SMILES string of the molecule is C/C=C/C[C@@H](C)[C@@H](O)[C@H]1C(=O)N[C@@H](CC)C(=O)N(C)[C@H](C)C(=O)N(C)[C@@H]([C@@H](C)CN2CCN(CC)CC2)C(=O)N[C@@H](C(C)C)C(=O)N(C)[C@@H](CC(C)C)C(=O)N[C@@H](C)C(=O)N[C@H](C)C(=O)N(C)[C@@H](CC(C)C)C(=O)N(C)[C@@H](CC(C)C)C(=O)N(C)[C@@H](C(C)C)C(=O)N1C. The minimum absolute atomic E-state index is 0.0107. The van der Waals surface area contributed by atoms with Crippen LogP contribution in [0.3, 0.4) is 0 Å². The van der Waals surface area contributed by atoms with Crippen LogP contribution < -0.4 is 21.3 Å². The Hall–Kier alpha value is -6.21. The van der Waals surface area contributed by atoms with E-state index in [4.69, 9.17) is 0 Å². The van der Waals surface area contributed by atoms with E-state index >= 15 is 28.8 Å². The molecule has 2 aliphatic heterocycles. The minimum atomic E-state index is -1.63. The lowest BCUT2D eigenvalue weighted by Gasteiger charge is -2.41. The minimum Gasteiger partial charge on any atom is -0.390 e. The molecule has 2 heterocycles. The Bertz CT molecular complexity index is 2560. The van der Waals surface area contributed by atoms with Crippen molar-refractivity contribution < 1.29 is 57.8 Å². The fourth-order valence-electron chi connectivity index (χ4n) is 12.6. The maximum atomic E-state index is 15.3. The van der Waals surface area contributed by atoms with Gasteiger partial charge in [0.15, 0.2) is 0 Å². The smallest absolute Gasteiger partial charge is 0.246 e. The topological polar surface area (TPSA) is 285 Å².